The molecule has 0 spiro atoms. The van der Waals surface area contributed by atoms with Gasteiger partial charge in [0.25, 0.3) is 5.91 Å². The second kappa shape index (κ2) is 9.35. The molecule has 1 amide bonds. The van der Waals surface area contributed by atoms with Gasteiger partial charge in [-0.2, -0.15) is 5.26 Å². The van der Waals surface area contributed by atoms with E-state index in [2.05, 4.69) is 6.07 Å². The number of nitrogens with zero attached hydrogens (tertiary/aromatic N) is 2. The number of nitriles is 1. The number of carbonyl (C=O) groups is 2. The number of carboxylic acid groups (broad SMARTS) is 1. The van der Waals surface area contributed by atoms with E-state index in [0.29, 0.717) is 22.6 Å². The summed E-state index contributed by atoms with van der Waals surface area (Å²) in [7, 11) is 1.44. The molecule has 3 aromatic rings. The van der Waals surface area contributed by atoms with Crippen LogP contribution in [-0.2, 0) is 4.79 Å². The van der Waals surface area contributed by atoms with Crippen molar-refractivity contribution in [3.63, 3.8) is 0 Å². The van der Waals surface area contributed by atoms with Gasteiger partial charge in [-0.3, -0.25) is 4.79 Å². The Kier molecular flexibility index (Phi) is 6.34. The molecule has 1 N–H and O–H groups in total. The average molecular weight is 461 g/mol. The predicted octanol–water partition coefficient (Wildman–Crippen LogP) is 5.32. The van der Waals surface area contributed by atoms with Crippen molar-refractivity contribution in [3.8, 4) is 22.9 Å². The van der Waals surface area contributed by atoms with Crippen molar-refractivity contribution < 1.29 is 19.4 Å². The highest BCUT2D eigenvalue weighted by atomic mass is 35.5. The van der Waals surface area contributed by atoms with Crippen molar-refractivity contribution in [3.05, 3.63) is 88.4 Å². The normalized spacial score (nSPS) is 17.4. The summed E-state index contributed by atoms with van der Waals surface area (Å²) in [6.07, 6.45) is 0.742. The van der Waals surface area contributed by atoms with Gasteiger partial charge in [0.1, 0.15) is 23.4 Å². The summed E-state index contributed by atoms with van der Waals surface area (Å²) in [5.74, 6) is -1.36. The second-order valence-electron chi connectivity index (χ2n) is 7.73. The molecule has 0 aromatic heterocycles. The zero-order valence-electron chi connectivity index (χ0n) is 17.9. The topological polar surface area (TPSA) is 90.6 Å². The van der Waals surface area contributed by atoms with E-state index in [4.69, 9.17) is 16.3 Å². The molecule has 1 aliphatic rings. The lowest BCUT2D eigenvalue weighted by molar-refractivity contribution is -0.141. The van der Waals surface area contributed by atoms with Crippen molar-refractivity contribution in [1.82, 2.24) is 4.90 Å². The molecule has 33 heavy (non-hydrogen) atoms. The van der Waals surface area contributed by atoms with Gasteiger partial charge in [-0.25, -0.2) is 4.79 Å². The van der Waals surface area contributed by atoms with Gasteiger partial charge in [-0.1, -0.05) is 60.1 Å². The van der Waals surface area contributed by atoms with Crippen molar-refractivity contribution in [2.45, 2.75) is 24.9 Å². The Labute approximate surface area is 196 Å². The molecule has 1 heterocycles. The quantitative estimate of drug-likeness (QED) is 0.556. The highest BCUT2D eigenvalue weighted by Crippen LogP contribution is 2.42. The standard InChI is InChI=1S/C26H21ClN2O4/c1-33-24-17(16-7-3-2-4-8-16)11-12-18(20(24)15-28)25(30)29-22(13-14-23(29)26(31)32)19-9-5-6-10-21(19)27/h2-12,22-23H,13-14H2,1H3,(H,31,32)/t22-,23+/m1/s1. The summed E-state index contributed by atoms with van der Waals surface area (Å²) in [6.45, 7) is 0. The molecule has 0 saturated carbocycles. The Morgan fingerprint density at radius 3 is 2.39 bits per heavy atom. The van der Waals surface area contributed by atoms with E-state index in [1.165, 1.54) is 12.0 Å². The Bertz CT molecular complexity index is 1250. The summed E-state index contributed by atoms with van der Waals surface area (Å²) in [5.41, 5.74) is 2.35. The molecule has 0 aliphatic carbocycles. The van der Waals surface area contributed by atoms with E-state index in [1.807, 2.05) is 30.3 Å². The highest BCUT2D eigenvalue weighted by molar-refractivity contribution is 6.31. The lowest BCUT2D eigenvalue weighted by atomic mass is 9.96. The number of rotatable bonds is 5. The Hall–Kier alpha value is -3.82. The van der Waals surface area contributed by atoms with Crippen molar-refractivity contribution in [2.75, 3.05) is 7.11 Å². The monoisotopic (exact) mass is 460 g/mol. The van der Waals surface area contributed by atoms with Gasteiger partial charge in [0.2, 0.25) is 0 Å². The lowest BCUT2D eigenvalue weighted by Gasteiger charge is -2.30. The first-order valence-electron chi connectivity index (χ1n) is 10.4. The van der Waals surface area contributed by atoms with E-state index in [1.54, 1.807) is 36.4 Å². The van der Waals surface area contributed by atoms with Gasteiger partial charge in [0.15, 0.2) is 0 Å². The first-order chi connectivity index (χ1) is 16.0. The fourth-order valence-electron chi connectivity index (χ4n) is 4.46. The number of aliphatic carboxylic acids is 1. The minimum atomic E-state index is -1.09. The second-order valence-corrected chi connectivity index (χ2v) is 8.14. The molecule has 3 aromatic carbocycles. The molecule has 0 radical (unpaired) electrons. The van der Waals surface area contributed by atoms with Gasteiger partial charge in [-0.15, -0.1) is 0 Å². The zero-order chi connectivity index (χ0) is 23.5. The van der Waals surface area contributed by atoms with Crippen LogP contribution in [0.3, 0.4) is 0 Å². The molecule has 0 unspecified atom stereocenters. The predicted molar refractivity (Wildman–Crippen MR) is 124 cm³/mol. The molecule has 6 nitrogen and oxygen atoms in total. The fourth-order valence-corrected chi connectivity index (χ4v) is 4.72. The smallest absolute Gasteiger partial charge is 0.326 e. The number of ether oxygens (including phenoxy) is 1. The van der Waals surface area contributed by atoms with Crippen LogP contribution in [0.25, 0.3) is 11.1 Å². The maximum Gasteiger partial charge on any atom is 0.326 e. The number of carbonyl (C=O) groups excluding carboxylic acids is 1. The molecule has 1 fully saturated rings. The molecule has 1 saturated heterocycles. The average Bonchev–Trinajstić information content (AvgIpc) is 3.28. The van der Waals surface area contributed by atoms with Crippen LogP contribution in [-0.4, -0.2) is 35.0 Å². The van der Waals surface area contributed by atoms with Crippen molar-refractivity contribution in [2.24, 2.45) is 0 Å². The van der Waals surface area contributed by atoms with Crippen molar-refractivity contribution >= 4 is 23.5 Å². The van der Waals surface area contributed by atoms with Gasteiger partial charge in [0.05, 0.1) is 18.7 Å². The third-order valence-electron chi connectivity index (χ3n) is 5.96. The minimum Gasteiger partial charge on any atom is -0.495 e. The number of amides is 1. The number of carboxylic acids is 1. The van der Waals surface area contributed by atoms with E-state index in [9.17, 15) is 20.0 Å². The molecule has 2 atom stereocenters. The first-order valence-corrected chi connectivity index (χ1v) is 10.8. The third kappa shape index (κ3) is 4.04. The summed E-state index contributed by atoms with van der Waals surface area (Å²) >= 11 is 6.38. The molecular weight excluding hydrogens is 440 g/mol. The molecule has 4 rings (SSSR count). The Morgan fingerprint density at radius 1 is 1.06 bits per heavy atom. The van der Waals surface area contributed by atoms with Crippen LogP contribution < -0.4 is 4.74 Å². The maximum atomic E-state index is 13.8. The summed E-state index contributed by atoms with van der Waals surface area (Å²) in [5, 5.41) is 20.2. The van der Waals surface area contributed by atoms with Crippen molar-refractivity contribution in [1.29, 1.82) is 5.26 Å². The van der Waals surface area contributed by atoms with E-state index in [-0.39, 0.29) is 23.3 Å². The van der Waals surface area contributed by atoms with Gasteiger partial charge in [-0.05, 0) is 42.2 Å². The van der Waals surface area contributed by atoms with Gasteiger partial charge < -0.3 is 14.7 Å². The largest absolute Gasteiger partial charge is 0.495 e. The van der Waals surface area contributed by atoms with Crippen LogP contribution in [0, 0.1) is 11.3 Å². The summed E-state index contributed by atoms with van der Waals surface area (Å²) < 4.78 is 5.55. The number of hydrogen-bond acceptors (Lipinski definition) is 4. The van der Waals surface area contributed by atoms with Gasteiger partial charge in [0, 0.05) is 10.6 Å². The summed E-state index contributed by atoms with van der Waals surface area (Å²) in [6, 6.07) is 20.3. The van der Waals surface area contributed by atoms with Crippen LogP contribution >= 0.6 is 11.6 Å². The van der Waals surface area contributed by atoms with E-state index in [0.717, 1.165) is 5.56 Å². The molecule has 166 valence electrons. The number of benzene rings is 3. The highest BCUT2D eigenvalue weighted by Gasteiger charge is 2.43. The minimum absolute atomic E-state index is 0.0674. The number of halogens is 1. The number of methoxy groups -OCH3 is 1. The number of likely N-dealkylation sites (tertiary alicyclic amines) is 1. The van der Waals surface area contributed by atoms with Crippen LogP contribution in [0.1, 0.15) is 40.4 Å². The van der Waals surface area contributed by atoms with E-state index < -0.39 is 24.0 Å². The lowest BCUT2D eigenvalue weighted by Crippen LogP contribution is -2.42. The molecular formula is C26H21ClN2O4. The Balaban J connectivity index is 1.83. The van der Waals surface area contributed by atoms with Gasteiger partial charge >= 0.3 is 5.97 Å². The molecule has 0 bridgehead atoms. The zero-order valence-corrected chi connectivity index (χ0v) is 18.6. The van der Waals surface area contributed by atoms with Crippen LogP contribution in [0.4, 0.5) is 0 Å². The van der Waals surface area contributed by atoms with Crippen LogP contribution in [0.2, 0.25) is 5.02 Å². The van der Waals surface area contributed by atoms with Crippen LogP contribution in [0.5, 0.6) is 5.75 Å². The molecule has 1 aliphatic heterocycles. The Morgan fingerprint density at radius 2 is 1.76 bits per heavy atom. The molecule has 7 heteroatoms. The fraction of sp³-hybridized carbons (Fsp3) is 0.192. The third-order valence-corrected chi connectivity index (χ3v) is 6.30. The van der Waals surface area contributed by atoms with E-state index >= 15 is 0 Å². The maximum absolute atomic E-state index is 13.8. The summed E-state index contributed by atoms with van der Waals surface area (Å²) in [4.78, 5) is 27.1. The number of hydrogen-bond donors (Lipinski definition) is 1. The van der Waals surface area contributed by atoms with Crippen LogP contribution in [0.15, 0.2) is 66.7 Å². The SMILES string of the molecule is COc1c(-c2ccccc2)ccc(C(=O)N2[C@@H](c3ccccc3Cl)CC[C@H]2C(=O)O)c1C#N. The first kappa shape index (κ1) is 22.4.